The highest BCUT2D eigenvalue weighted by atomic mass is 16.5. The van der Waals surface area contributed by atoms with E-state index < -0.39 is 0 Å². The molecule has 1 rings (SSSR count). The predicted octanol–water partition coefficient (Wildman–Crippen LogP) is 0.915. The first-order valence-electron chi connectivity index (χ1n) is 5.20. The van der Waals surface area contributed by atoms with Crippen LogP contribution in [0.15, 0.2) is 0 Å². The molecule has 4 nitrogen and oxygen atoms in total. The van der Waals surface area contributed by atoms with Crippen LogP contribution in [0.4, 0.5) is 0 Å². The van der Waals surface area contributed by atoms with Gasteiger partial charge in [-0.25, -0.2) is 5.84 Å². The van der Waals surface area contributed by atoms with E-state index in [0.29, 0.717) is 26.2 Å². The van der Waals surface area contributed by atoms with Gasteiger partial charge in [0.1, 0.15) is 0 Å². The van der Waals surface area contributed by atoms with Crippen LogP contribution in [-0.4, -0.2) is 30.7 Å². The van der Waals surface area contributed by atoms with Crippen LogP contribution in [0.3, 0.4) is 0 Å². The fourth-order valence-corrected chi connectivity index (χ4v) is 1.51. The van der Waals surface area contributed by atoms with Crippen LogP contribution >= 0.6 is 0 Å². The van der Waals surface area contributed by atoms with E-state index in [2.05, 4.69) is 13.8 Å². The Labute approximate surface area is 85.4 Å². The molecule has 82 valence electrons. The molecule has 0 spiro atoms. The molecular weight excluding hydrogens is 180 g/mol. The number of carbonyl (C=O) groups excluding carboxylic acids is 1. The number of hydrogen-bond acceptors (Lipinski definition) is 3. The minimum absolute atomic E-state index is 0.0416. The van der Waals surface area contributed by atoms with Crippen molar-refractivity contribution in [1.29, 1.82) is 0 Å². The maximum Gasteiger partial charge on any atom is 0.236 e. The second-order valence-corrected chi connectivity index (χ2v) is 4.43. The highest BCUT2D eigenvalue weighted by Crippen LogP contribution is 2.26. The summed E-state index contributed by atoms with van der Waals surface area (Å²) in [4.78, 5) is 11.5. The van der Waals surface area contributed by atoms with Crippen molar-refractivity contribution in [3.63, 3.8) is 0 Å². The fourth-order valence-electron chi connectivity index (χ4n) is 1.51. The average Bonchev–Trinajstić information content (AvgIpc) is 2.11. The number of amides is 1. The summed E-state index contributed by atoms with van der Waals surface area (Å²) in [5, 5.41) is 1.35. The van der Waals surface area contributed by atoms with Crippen LogP contribution in [0.2, 0.25) is 0 Å². The lowest BCUT2D eigenvalue weighted by Crippen LogP contribution is -2.52. The van der Waals surface area contributed by atoms with Gasteiger partial charge in [0.05, 0.1) is 13.2 Å². The molecule has 0 radical (unpaired) electrons. The van der Waals surface area contributed by atoms with Crippen molar-refractivity contribution in [1.82, 2.24) is 5.01 Å². The molecule has 2 N–H and O–H groups in total. The van der Waals surface area contributed by atoms with Crippen molar-refractivity contribution < 1.29 is 9.53 Å². The molecule has 0 atom stereocenters. The zero-order valence-electron chi connectivity index (χ0n) is 9.08. The van der Waals surface area contributed by atoms with Crippen molar-refractivity contribution in [3.8, 4) is 0 Å². The van der Waals surface area contributed by atoms with Gasteiger partial charge in [-0.1, -0.05) is 20.3 Å². The van der Waals surface area contributed by atoms with Crippen molar-refractivity contribution in [2.24, 2.45) is 11.3 Å². The summed E-state index contributed by atoms with van der Waals surface area (Å²) in [6.07, 6.45) is 2.50. The summed E-state index contributed by atoms with van der Waals surface area (Å²) in [5.74, 6) is 5.72. The van der Waals surface area contributed by atoms with Gasteiger partial charge in [0.25, 0.3) is 0 Å². The van der Waals surface area contributed by atoms with Gasteiger partial charge in [0.15, 0.2) is 0 Å². The van der Waals surface area contributed by atoms with Gasteiger partial charge in [0.2, 0.25) is 5.91 Å². The number of hydrogen-bond donors (Lipinski definition) is 1. The third-order valence-corrected chi connectivity index (χ3v) is 2.52. The molecule has 1 fully saturated rings. The molecule has 1 heterocycles. The molecular formula is C10H20N2O2. The van der Waals surface area contributed by atoms with Gasteiger partial charge in [-0.3, -0.25) is 9.80 Å². The van der Waals surface area contributed by atoms with E-state index in [4.69, 9.17) is 10.6 Å². The van der Waals surface area contributed by atoms with Crippen LogP contribution in [0, 0.1) is 5.41 Å². The lowest BCUT2D eigenvalue weighted by atomic mass is 9.88. The van der Waals surface area contributed by atoms with E-state index in [1.807, 2.05) is 0 Å². The van der Waals surface area contributed by atoms with Crippen LogP contribution in [0.1, 0.15) is 33.1 Å². The summed E-state index contributed by atoms with van der Waals surface area (Å²) >= 11 is 0. The van der Waals surface area contributed by atoms with Gasteiger partial charge in [0, 0.05) is 18.4 Å². The Morgan fingerprint density at radius 1 is 1.57 bits per heavy atom. The monoisotopic (exact) mass is 200 g/mol. The third kappa shape index (κ3) is 2.96. The zero-order chi connectivity index (χ0) is 10.6. The molecule has 0 aromatic carbocycles. The highest BCUT2D eigenvalue weighted by Gasteiger charge is 2.35. The number of nitrogens with two attached hydrogens (primary N) is 1. The Bertz CT molecular complexity index is 202. The number of nitrogens with zero attached hydrogens (tertiary/aromatic N) is 1. The third-order valence-electron chi connectivity index (χ3n) is 2.52. The molecule has 0 aliphatic carbocycles. The predicted molar refractivity (Wildman–Crippen MR) is 54.4 cm³/mol. The number of unbranched alkanes of at least 4 members (excludes halogenated alkanes) is 1. The molecule has 1 saturated heterocycles. The van der Waals surface area contributed by atoms with Crippen molar-refractivity contribution in [2.75, 3.05) is 19.8 Å². The van der Waals surface area contributed by atoms with Crippen LogP contribution in [-0.2, 0) is 9.53 Å². The maximum atomic E-state index is 11.5. The molecule has 0 aromatic rings. The fraction of sp³-hybridized carbons (Fsp3) is 0.900. The van der Waals surface area contributed by atoms with E-state index >= 15 is 0 Å². The van der Waals surface area contributed by atoms with Gasteiger partial charge >= 0.3 is 0 Å². The molecule has 0 unspecified atom stereocenters. The Kier molecular flexibility index (Phi) is 3.89. The smallest absolute Gasteiger partial charge is 0.236 e. The highest BCUT2D eigenvalue weighted by molar-refractivity contribution is 5.75. The van der Waals surface area contributed by atoms with E-state index in [9.17, 15) is 4.79 Å². The topological polar surface area (TPSA) is 55.6 Å². The van der Waals surface area contributed by atoms with Crippen LogP contribution in [0.5, 0.6) is 0 Å². The first-order chi connectivity index (χ1) is 6.57. The zero-order valence-corrected chi connectivity index (χ0v) is 9.08. The van der Waals surface area contributed by atoms with Gasteiger partial charge in [-0.05, 0) is 6.42 Å². The first kappa shape index (κ1) is 11.5. The largest absolute Gasteiger partial charge is 0.380 e. The Morgan fingerprint density at radius 2 is 2.21 bits per heavy atom. The summed E-state index contributed by atoms with van der Waals surface area (Å²) < 4.78 is 5.11. The second kappa shape index (κ2) is 4.75. The first-order valence-corrected chi connectivity index (χ1v) is 5.20. The number of hydrazine groups is 1. The normalized spacial score (nSPS) is 18.8. The number of rotatable bonds is 5. The Balaban J connectivity index is 2.26. The molecule has 0 bridgehead atoms. The van der Waals surface area contributed by atoms with Crippen molar-refractivity contribution in [2.45, 2.75) is 33.1 Å². The van der Waals surface area contributed by atoms with Gasteiger partial charge in [-0.2, -0.15) is 0 Å². The summed E-state index contributed by atoms with van der Waals surface area (Å²) in [7, 11) is 0. The molecule has 14 heavy (non-hydrogen) atoms. The lowest BCUT2D eigenvalue weighted by Gasteiger charge is -2.40. The van der Waals surface area contributed by atoms with Crippen LogP contribution < -0.4 is 5.84 Å². The quantitative estimate of drug-likeness (QED) is 0.408. The molecule has 1 aliphatic rings. The van der Waals surface area contributed by atoms with E-state index in [0.717, 1.165) is 12.8 Å². The minimum Gasteiger partial charge on any atom is -0.380 e. The lowest BCUT2D eigenvalue weighted by molar-refractivity contribution is -0.144. The summed E-state index contributed by atoms with van der Waals surface area (Å²) in [6, 6.07) is 0. The van der Waals surface area contributed by atoms with E-state index in [-0.39, 0.29) is 11.3 Å². The average molecular weight is 200 g/mol. The molecule has 0 saturated carbocycles. The number of carbonyl (C=O) groups is 1. The van der Waals surface area contributed by atoms with E-state index in [1.54, 1.807) is 0 Å². The van der Waals surface area contributed by atoms with Crippen molar-refractivity contribution >= 4 is 5.91 Å². The minimum atomic E-state index is 0.0416. The molecule has 1 amide bonds. The summed E-state index contributed by atoms with van der Waals surface area (Å²) in [5.41, 5.74) is 0.0800. The second-order valence-electron chi connectivity index (χ2n) is 4.43. The molecule has 1 aliphatic heterocycles. The standard InChI is InChI=1S/C10H20N2O2/c1-3-4-5-9(13)12(11)6-10(2)7-14-8-10/h3-8,11H2,1-2H3. The maximum absolute atomic E-state index is 11.5. The molecule has 4 heteroatoms. The van der Waals surface area contributed by atoms with Crippen LogP contribution in [0.25, 0.3) is 0 Å². The van der Waals surface area contributed by atoms with E-state index in [1.165, 1.54) is 5.01 Å². The number of ether oxygens (including phenoxy) is 1. The van der Waals surface area contributed by atoms with Crippen molar-refractivity contribution in [3.05, 3.63) is 0 Å². The van der Waals surface area contributed by atoms with Gasteiger partial charge < -0.3 is 4.74 Å². The Morgan fingerprint density at radius 3 is 2.64 bits per heavy atom. The SMILES string of the molecule is CCCCC(=O)N(N)CC1(C)COC1. The molecule has 0 aromatic heterocycles. The van der Waals surface area contributed by atoms with Gasteiger partial charge in [-0.15, -0.1) is 0 Å². The Hall–Kier alpha value is -0.610. The summed E-state index contributed by atoms with van der Waals surface area (Å²) in [6.45, 7) is 6.18.